The van der Waals surface area contributed by atoms with E-state index in [0.29, 0.717) is 30.8 Å². The third-order valence-electron chi connectivity index (χ3n) is 4.90. The highest BCUT2D eigenvalue weighted by Gasteiger charge is 2.37. The number of carbonyl (C=O) groups excluding carboxylic acids is 1. The fourth-order valence-corrected chi connectivity index (χ4v) is 3.84. The van der Waals surface area contributed by atoms with Crippen molar-refractivity contribution in [1.29, 1.82) is 0 Å². The van der Waals surface area contributed by atoms with E-state index < -0.39 is 11.6 Å². The lowest BCUT2D eigenvalue weighted by molar-refractivity contribution is -0.118. The Hall–Kier alpha value is -2.69. The van der Waals surface area contributed by atoms with Crippen LogP contribution >= 0.6 is 0 Å². The number of fused-ring (bicyclic) bond motifs is 1. The molecule has 0 saturated heterocycles. The Bertz CT molecular complexity index is 913. The van der Waals surface area contributed by atoms with E-state index in [1.54, 1.807) is 4.90 Å². The lowest BCUT2D eigenvalue weighted by Crippen LogP contribution is -2.35. The quantitative estimate of drug-likeness (QED) is 0.782. The average molecular weight is 354 g/mol. The van der Waals surface area contributed by atoms with Gasteiger partial charge in [0.05, 0.1) is 6.54 Å². The number of allylic oxidation sites excluding steroid dienone is 2. The number of benzene rings is 2. The summed E-state index contributed by atoms with van der Waals surface area (Å²) in [6.45, 7) is 4.48. The summed E-state index contributed by atoms with van der Waals surface area (Å²) in [5.41, 5.74) is 3.39. The number of nitrogens with zero attached hydrogens (tertiary/aromatic N) is 1. The van der Waals surface area contributed by atoms with Crippen molar-refractivity contribution in [2.24, 2.45) is 5.41 Å². The van der Waals surface area contributed by atoms with Crippen LogP contribution in [-0.4, -0.2) is 5.78 Å². The normalized spacial score (nSPS) is 18.8. The van der Waals surface area contributed by atoms with Crippen LogP contribution < -0.4 is 10.2 Å². The van der Waals surface area contributed by atoms with Crippen molar-refractivity contribution < 1.29 is 13.6 Å². The SMILES string of the molecule is CC1(C)CC(=O)C2=C(C1)Nc1ccccc1CN2c1cc(F)cc(F)c1. The van der Waals surface area contributed by atoms with Crippen LogP contribution in [0.25, 0.3) is 0 Å². The average Bonchev–Trinajstić information content (AvgIpc) is 2.69. The van der Waals surface area contributed by atoms with Crippen LogP contribution in [0.15, 0.2) is 53.9 Å². The fraction of sp³-hybridized carbons (Fsp3) is 0.286. The van der Waals surface area contributed by atoms with Crippen molar-refractivity contribution in [2.45, 2.75) is 33.2 Å². The zero-order valence-corrected chi connectivity index (χ0v) is 14.8. The van der Waals surface area contributed by atoms with Gasteiger partial charge in [-0.15, -0.1) is 0 Å². The molecule has 2 aromatic rings. The number of hydrogen-bond donors (Lipinski definition) is 1. The van der Waals surface area contributed by atoms with Gasteiger partial charge in [-0.05, 0) is 35.6 Å². The molecule has 0 saturated carbocycles. The van der Waals surface area contributed by atoms with Gasteiger partial charge in [0.25, 0.3) is 0 Å². The van der Waals surface area contributed by atoms with Crippen LogP contribution in [0.3, 0.4) is 0 Å². The van der Waals surface area contributed by atoms with Gasteiger partial charge in [-0.3, -0.25) is 4.79 Å². The number of carbonyl (C=O) groups is 1. The highest BCUT2D eigenvalue weighted by molar-refractivity contribution is 6.01. The van der Waals surface area contributed by atoms with Crippen LogP contribution in [0, 0.1) is 17.0 Å². The van der Waals surface area contributed by atoms with E-state index in [-0.39, 0.29) is 11.2 Å². The van der Waals surface area contributed by atoms with Crippen molar-refractivity contribution in [3.63, 3.8) is 0 Å². The van der Waals surface area contributed by atoms with E-state index in [9.17, 15) is 13.6 Å². The van der Waals surface area contributed by atoms with Gasteiger partial charge in [0.15, 0.2) is 5.78 Å². The molecule has 0 radical (unpaired) electrons. The maximum Gasteiger partial charge on any atom is 0.181 e. The maximum absolute atomic E-state index is 13.8. The molecule has 5 heteroatoms. The molecule has 1 heterocycles. The zero-order valence-electron chi connectivity index (χ0n) is 14.8. The van der Waals surface area contributed by atoms with Crippen molar-refractivity contribution >= 4 is 17.2 Å². The lowest BCUT2D eigenvalue weighted by Gasteiger charge is -2.35. The smallest absolute Gasteiger partial charge is 0.181 e. The fourth-order valence-electron chi connectivity index (χ4n) is 3.84. The number of para-hydroxylation sites is 1. The third-order valence-corrected chi connectivity index (χ3v) is 4.90. The van der Waals surface area contributed by atoms with Gasteiger partial charge in [-0.2, -0.15) is 0 Å². The molecule has 1 N–H and O–H groups in total. The Balaban J connectivity index is 1.91. The monoisotopic (exact) mass is 354 g/mol. The first-order valence-electron chi connectivity index (χ1n) is 8.67. The van der Waals surface area contributed by atoms with E-state index in [2.05, 4.69) is 19.2 Å². The number of Topliss-reactive ketones (excluding diaryl/α,β-unsaturated/α-hetero) is 1. The topological polar surface area (TPSA) is 32.3 Å². The molecular formula is C21H20F2N2O. The maximum atomic E-state index is 13.8. The first-order valence-corrected chi connectivity index (χ1v) is 8.67. The lowest BCUT2D eigenvalue weighted by atomic mass is 9.77. The molecule has 0 spiro atoms. The largest absolute Gasteiger partial charge is 0.357 e. The minimum Gasteiger partial charge on any atom is -0.357 e. The summed E-state index contributed by atoms with van der Waals surface area (Å²) in [5.74, 6) is -1.33. The molecule has 0 atom stereocenters. The minimum absolute atomic E-state index is 0.0128. The summed E-state index contributed by atoms with van der Waals surface area (Å²) in [4.78, 5) is 14.7. The molecule has 4 rings (SSSR count). The van der Waals surface area contributed by atoms with E-state index >= 15 is 0 Å². The summed E-state index contributed by atoms with van der Waals surface area (Å²) in [6, 6.07) is 11.2. The molecule has 0 fully saturated rings. The Morgan fingerprint density at radius 3 is 2.46 bits per heavy atom. The summed E-state index contributed by atoms with van der Waals surface area (Å²) in [6.07, 6.45) is 1.09. The molecule has 0 bridgehead atoms. The minimum atomic E-state index is -0.656. The number of ketones is 1. The molecule has 2 aliphatic rings. The van der Waals surface area contributed by atoms with E-state index in [1.807, 2.05) is 24.3 Å². The van der Waals surface area contributed by atoms with Crippen molar-refractivity contribution in [3.05, 3.63) is 71.1 Å². The zero-order chi connectivity index (χ0) is 18.5. The molecule has 2 aromatic carbocycles. The van der Waals surface area contributed by atoms with Gasteiger partial charge in [0.1, 0.15) is 17.3 Å². The second-order valence-corrected chi connectivity index (χ2v) is 7.76. The first-order chi connectivity index (χ1) is 12.3. The predicted molar refractivity (Wildman–Crippen MR) is 97.7 cm³/mol. The Labute approximate surface area is 151 Å². The number of halogens is 2. The van der Waals surface area contributed by atoms with Crippen molar-refractivity contribution in [2.75, 3.05) is 10.2 Å². The van der Waals surface area contributed by atoms with Crippen molar-refractivity contribution in [1.82, 2.24) is 0 Å². The predicted octanol–water partition coefficient (Wildman–Crippen LogP) is 5.00. The van der Waals surface area contributed by atoms with Crippen molar-refractivity contribution in [3.8, 4) is 0 Å². The van der Waals surface area contributed by atoms with Crippen LogP contribution in [0.1, 0.15) is 32.3 Å². The van der Waals surface area contributed by atoms with Gasteiger partial charge in [-0.1, -0.05) is 32.0 Å². The third kappa shape index (κ3) is 2.98. The van der Waals surface area contributed by atoms with Crippen LogP contribution in [0.2, 0.25) is 0 Å². The Morgan fingerprint density at radius 1 is 1.04 bits per heavy atom. The standard InChI is InChI=1S/C21H20F2N2O/c1-21(2)10-18-20(19(26)11-21)25(16-8-14(22)7-15(23)9-16)12-13-5-3-4-6-17(13)24-18/h3-9,24H,10-12H2,1-2H3. The summed E-state index contributed by atoms with van der Waals surface area (Å²) < 4.78 is 27.7. The molecular weight excluding hydrogens is 334 g/mol. The molecule has 0 amide bonds. The first kappa shape index (κ1) is 16.8. The number of rotatable bonds is 1. The second kappa shape index (κ2) is 5.94. The molecule has 1 aliphatic heterocycles. The molecule has 134 valence electrons. The number of hydrogen-bond acceptors (Lipinski definition) is 3. The van der Waals surface area contributed by atoms with Gasteiger partial charge in [0.2, 0.25) is 0 Å². The highest BCUT2D eigenvalue weighted by atomic mass is 19.1. The summed E-state index contributed by atoms with van der Waals surface area (Å²) in [7, 11) is 0. The van der Waals surface area contributed by atoms with Gasteiger partial charge in [0, 0.05) is 29.6 Å². The van der Waals surface area contributed by atoms with E-state index in [4.69, 9.17) is 0 Å². The van der Waals surface area contributed by atoms with Crippen LogP contribution in [-0.2, 0) is 11.3 Å². The van der Waals surface area contributed by atoms with Crippen LogP contribution in [0.5, 0.6) is 0 Å². The van der Waals surface area contributed by atoms with E-state index in [0.717, 1.165) is 23.0 Å². The van der Waals surface area contributed by atoms with E-state index in [1.165, 1.54) is 12.1 Å². The summed E-state index contributed by atoms with van der Waals surface area (Å²) in [5, 5.41) is 3.41. The van der Waals surface area contributed by atoms with Gasteiger partial charge < -0.3 is 10.2 Å². The molecule has 0 unspecified atom stereocenters. The Morgan fingerprint density at radius 2 is 1.73 bits per heavy atom. The Kier molecular flexibility index (Phi) is 3.83. The van der Waals surface area contributed by atoms with Crippen LogP contribution in [0.4, 0.5) is 20.2 Å². The summed E-state index contributed by atoms with van der Waals surface area (Å²) >= 11 is 0. The van der Waals surface area contributed by atoms with Gasteiger partial charge >= 0.3 is 0 Å². The molecule has 1 aliphatic carbocycles. The number of anilines is 2. The number of nitrogens with one attached hydrogen (secondary N) is 1. The molecule has 3 nitrogen and oxygen atoms in total. The molecule has 26 heavy (non-hydrogen) atoms. The molecule has 0 aromatic heterocycles. The highest BCUT2D eigenvalue weighted by Crippen LogP contribution is 2.42. The second-order valence-electron chi connectivity index (χ2n) is 7.76. The van der Waals surface area contributed by atoms with Gasteiger partial charge in [-0.25, -0.2) is 8.78 Å².